The van der Waals surface area contributed by atoms with Crippen molar-refractivity contribution in [2.75, 3.05) is 0 Å². The highest BCUT2D eigenvalue weighted by molar-refractivity contribution is 6.15. The number of para-hydroxylation sites is 2. The van der Waals surface area contributed by atoms with Crippen LogP contribution in [0.3, 0.4) is 0 Å². The van der Waals surface area contributed by atoms with Gasteiger partial charge >= 0.3 is 0 Å². The zero-order valence-corrected chi connectivity index (χ0v) is 36.7. The van der Waals surface area contributed by atoms with E-state index in [4.69, 9.17) is 24.5 Å². The Kier molecular flexibility index (Phi) is 9.39. The third-order valence-corrected chi connectivity index (χ3v) is 12.9. The molecule has 68 heavy (non-hydrogen) atoms. The number of hydrogen-bond donors (Lipinski definition) is 0. The number of hydrogen-bond acceptors (Lipinski definition) is 5. The van der Waals surface area contributed by atoms with Gasteiger partial charge in [0.05, 0.1) is 11.2 Å². The van der Waals surface area contributed by atoms with Crippen molar-refractivity contribution in [2.24, 2.45) is 0 Å². The summed E-state index contributed by atoms with van der Waals surface area (Å²) < 4.78 is 8.58. The number of rotatable bonds is 8. The maximum atomic E-state index is 6.41. The van der Waals surface area contributed by atoms with E-state index < -0.39 is 0 Å². The Morgan fingerprint density at radius 3 is 1.50 bits per heavy atom. The summed E-state index contributed by atoms with van der Waals surface area (Å²) in [4.78, 5) is 15.5. The lowest BCUT2D eigenvalue weighted by Crippen LogP contribution is -2.01. The Labute approximate surface area is 392 Å². The molecule has 0 amide bonds. The van der Waals surface area contributed by atoms with E-state index in [-0.39, 0.29) is 0 Å². The predicted molar refractivity (Wildman–Crippen MR) is 277 cm³/mol. The van der Waals surface area contributed by atoms with E-state index >= 15 is 0 Å². The molecular formula is C62H39N5O. The van der Waals surface area contributed by atoms with Crippen LogP contribution in [0.5, 0.6) is 0 Å². The average Bonchev–Trinajstić information content (AvgIpc) is 4.01. The lowest BCUT2D eigenvalue weighted by molar-refractivity contribution is 0.670. The zero-order chi connectivity index (χ0) is 45.0. The van der Waals surface area contributed by atoms with Crippen molar-refractivity contribution in [3.8, 4) is 90.1 Å². The Balaban J connectivity index is 0.999. The van der Waals surface area contributed by atoms with Crippen molar-refractivity contribution in [1.29, 1.82) is 0 Å². The second-order valence-corrected chi connectivity index (χ2v) is 17.0. The SMILES string of the molecule is c1ccc(-c2nc(-c3ccc(-c4cccc5c4oc4ccccc45)cc3)nc(-c3cccc(-c4c(-c5ccccc5)n5nc(-c6ccccc6)c(-c6ccccc6)c5c5ccccc45)c3)n2)cc1. The fourth-order valence-electron chi connectivity index (χ4n) is 9.74. The molecule has 13 aromatic rings. The Morgan fingerprint density at radius 1 is 0.324 bits per heavy atom. The largest absolute Gasteiger partial charge is 0.455 e. The summed E-state index contributed by atoms with van der Waals surface area (Å²) in [5, 5.41) is 10.0. The molecule has 9 aromatic carbocycles. The highest BCUT2D eigenvalue weighted by Gasteiger charge is 2.26. The van der Waals surface area contributed by atoms with Crippen LogP contribution in [0.1, 0.15) is 0 Å². The molecule has 4 heterocycles. The third-order valence-electron chi connectivity index (χ3n) is 12.9. The van der Waals surface area contributed by atoms with Crippen molar-refractivity contribution in [1.82, 2.24) is 24.6 Å². The molecular weight excluding hydrogens is 831 g/mol. The predicted octanol–water partition coefficient (Wildman–Crippen LogP) is 15.9. The van der Waals surface area contributed by atoms with Crippen molar-refractivity contribution >= 4 is 38.2 Å². The van der Waals surface area contributed by atoms with E-state index in [1.54, 1.807) is 0 Å². The molecule has 0 saturated heterocycles. The summed E-state index contributed by atoms with van der Waals surface area (Å²) >= 11 is 0. The van der Waals surface area contributed by atoms with Gasteiger partial charge in [0.15, 0.2) is 17.5 Å². The van der Waals surface area contributed by atoms with Crippen LogP contribution < -0.4 is 0 Å². The third kappa shape index (κ3) is 6.66. The minimum absolute atomic E-state index is 0.579. The fourth-order valence-corrected chi connectivity index (χ4v) is 9.74. The molecule has 0 fully saturated rings. The van der Waals surface area contributed by atoms with Crippen LogP contribution in [0.2, 0.25) is 0 Å². The summed E-state index contributed by atoms with van der Waals surface area (Å²) in [5.41, 5.74) is 15.9. The second kappa shape index (κ2) is 16.3. The molecule has 0 spiro atoms. The number of benzene rings is 9. The summed E-state index contributed by atoms with van der Waals surface area (Å²) in [6, 6.07) is 82.1. The van der Waals surface area contributed by atoms with Gasteiger partial charge < -0.3 is 4.42 Å². The lowest BCUT2D eigenvalue weighted by Gasteiger charge is -2.18. The van der Waals surface area contributed by atoms with E-state index in [0.717, 1.165) is 111 Å². The molecule has 6 heteroatoms. The highest BCUT2D eigenvalue weighted by atomic mass is 16.3. The van der Waals surface area contributed by atoms with Crippen molar-refractivity contribution in [3.05, 3.63) is 237 Å². The monoisotopic (exact) mass is 869 g/mol. The van der Waals surface area contributed by atoms with Gasteiger partial charge in [-0.2, -0.15) is 5.10 Å². The molecule has 0 aliphatic heterocycles. The molecule has 318 valence electrons. The first kappa shape index (κ1) is 39.1. The number of nitrogens with zero attached hydrogens (tertiary/aromatic N) is 5. The van der Waals surface area contributed by atoms with Crippen LogP contribution in [0.25, 0.3) is 128 Å². The van der Waals surface area contributed by atoms with Crippen LogP contribution in [0.4, 0.5) is 0 Å². The number of furan rings is 1. The molecule has 0 saturated carbocycles. The van der Waals surface area contributed by atoms with Gasteiger partial charge in [-0.1, -0.05) is 224 Å². The van der Waals surface area contributed by atoms with Crippen molar-refractivity contribution < 1.29 is 4.42 Å². The Morgan fingerprint density at radius 2 is 0.809 bits per heavy atom. The summed E-state index contributed by atoms with van der Waals surface area (Å²) in [6.45, 7) is 0. The molecule has 4 aromatic heterocycles. The van der Waals surface area contributed by atoms with E-state index in [0.29, 0.717) is 17.5 Å². The van der Waals surface area contributed by atoms with E-state index in [1.807, 2.05) is 42.5 Å². The molecule has 0 unspecified atom stereocenters. The number of pyridine rings is 1. The van der Waals surface area contributed by atoms with Crippen molar-refractivity contribution in [2.45, 2.75) is 0 Å². The highest BCUT2D eigenvalue weighted by Crippen LogP contribution is 2.46. The second-order valence-electron chi connectivity index (χ2n) is 17.0. The molecule has 13 rings (SSSR count). The van der Waals surface area contributed by atoms with Crippen LogP contribution in [-0.4, -0.2) is 24.6 Å². The first-order chi connectivity index (χ1) is 33.7. The first-order valence-corrected chi connectivity index (χ1v) is 22.8. The minimum atomic E-state index is 0.579. The standard InChI is InChI=1S/C62H39N5O/c1-5-19-41(20-6-1)55-56(42-21-7-2-8-22-42)66-67-57(43-23-9-3-10-24-43)54(50-30-13-14-31-51(50)58(55)67)46-27-17-28-47(39-46)62-64-60(44-25-11-4-12-26-44)63-61(65-62)45-37-35-40(36-38-45)48-32-18-33-52-49-29-15-16-34-53(49)68-59(48)52/h1-39H. The van der Waals surface area contributed by atoms with Gasteiger partial charge in [0.25, 0.3) is 0 Å². The summed E-state index contributed by atoms with van der Waals surface area (Å²) in [5.74, 6) is 1.76. The van der Waals surface area contributed by atoms with Crippen LogP contribution in [0.15, 0.2) is 241 Å². The van der Waals surface area contributed by atoms with E-state index in [1.165, 1.54) is 0 Å². The maximum absolute atomic E-state index is 6.41. The van der Waals surface area contributed by atoms with Crippen LogP contribution >= 0.6 is 0 Å². The number of aromatic nitrogens is 5. The van der Waals surface area contributed by atoms with Gasteiger partial charge in [0.1, 0.15) is 16.9 Å². The van der Waals surface area contributed by atoms with Gasteiger partial charge in [-0.05, 0) is 34.2 Å². The molecule has 0 N–H and O–H groups in total. The van der Waals surface area contributed by atoms with E-state index in [9.17, 15) is 0 Å². The summed E-state index contributed by atoms with van der Waals surface area (Å²) in [7, 11) is 0. The fraction of sp³-hybridized carbons (Fsp3) is 0. The quantitative estimate of drug-likeness (QED) is 0.152. The molecule has 0 aliphatic rings. The Hall–Kier alpha value is -9.26. The molecule has 6 nitrogen and oxygen atoms in total. The minimum Gasteiger partial charge on any atom is -0.455 e. The normalized spacial score (nSPS) is 11.5. The first-order valence-electron chi connectivity index (χ1n) is 22.8. The van der Waals surface area contributed by atoms with Crippen molar-refractivity contribution in [3.63, 3.8) is 0 Å². The summed E-state index contributed by atoms with van der Waals surface area (Å²) in [6.07, 6.45) is 0. The Bertz CT molecular complexity index is 4000. The molecule has 0 bridgehead atoms. The van der Waals surface area contributed by atoms with Gasteiger partial charge in [0, 0.05) is 60.7 Å². The maximum Gasteiger partial charge on any atom is 0.164 e. The van der Waals surface area contributed by atoms with Crippen LogP contribution in [0, 0.1) is 0 Å². The van der Waals surface area contributed by atoms with Gasteiger partial charge in [0.2, 0.25) is 0 Å². The number of fused-ring (bicyclic) bond motifs is 6. The molecule has 0 aliphatic carbocycles. The van der Waals surface area contributed by atoms with Crippen LogP contribution in [-0.2, 0) is 0 Å². The smallest absolute Gasteiger partial charge is 0.164 e. The zero-order valence-electron chi connectivity index (χ0n) is 36.7. The molecule has 0 radical (unpaired) electrons. The molecule has 0 atom stereocenters. The van der Waals surface area contributed by atoms with Gasteiger partial charge in [-0.3, -0.25) is 0 Å². The van der Waals surface area contributed by atoms with Gasteiger partial charge in [-0.25, -0.2) is 19.5 Å². The lowest BCUT2D eigenvalue weighted by atomic mass is 9.90. The average molecular weight is 870 g/mol. The topological polar surface area (TPSA) is 69.1 Å². The van der Waals surface area contributed by atoms with E-state index in [2.05, 4.69) is 199 Å². The van der Waals surface area contributed by atoms with Gasteiger partial charge in [-0.15, -0.1) is 0 Å².